The topological polar surface area (TPSA) is 31.4 Å². The fraction of sp³-hybridized carbons (Fsp3) is 0.226. The standard InChI is InChI=1S/C51H49NO2.2CH3.Hf/c1-34-30-42(48(53-7)44(32-34)50(3,4)36-20-11-9-12-21-36)38-24-15-17-26-40(38)46-28-19-29-47(52-46)41-27-18-16-25-39(41)43-31-35(2)33-45(49(43)54-8)51(5,6)37-22-13-10-14-23-37;;;/h9-33H,1-8H3;2*1H3;. The van der Waals surface area contributed by atoms with Crippen molar-refractivity contribution in [1.29, 1.82) is 0 Å². The van der Waals surface area contributed by atoms with E-state index >= 15 is 0 Å². The van der Waals surface area contributed by atoms with Crippen molar-refractivity contribution in [2.45, 2.75) is 61.7 Å². The summed E-state index contributed by atoms with van der Waals surface area (Å²) in [5, 5.41) is 0. The van der Waals surface area contributed by atoms with Crippen molar-refractivity contribution >= 4 is 0 Å². The number of rotatable bonds is 10. The summed E-state index contributed by atoms with van der Waals surface area (Å²) in [6, 6.07) is 53.7. The molecule has 57 heavy (non-hydrogen) atoms. The van der Waals surface area contributed by atoms with Crippen LogP contribution in [-0.2, 0) is 33.7 Å². The minimum absolute atomic E-state index is 0.0833. The summed E-state index contributed by atoms with van der Waals surface area (Å²) in [6.07, 6.45) is 0. The van der Waals surface area contributed by atoms with Crippen LogP contribution in [0.5, 0.6) is 11.5 Å². The predicted molar refractivity (Wildman–Crippen MR) is 237 cm³/mol. The zero-order chi connectivity index (χ0) is 40.7. The first-order chi connectivity index (χ1) is 27.5. The van der Waals surface area contributed by atoms with Crippen molar-refractivity contribution in [3.63, 3.8) is 0 Å². The maximum absolute atomic E-state index is 6.30. The Labute approximate surface area is 352 Å². The van der Waals surface area contributed by atoms with Gasteiger partial charge in [-0.1, -0.05) is 155 Å². The van der Waals surface area contributed by atoms with Gasteiger partial charge < -0.3 is 9.47 Å². The van der Waals surface area contributed by atoms with Gasteiger partial charge >= 0.3 is 32.3 Å². The van der Waals surface area contributed by atoms with Crippen LogP contribution >= 0.6 is 0 Å². The second kappa shape index (κ2) is 18.0. The van der Waals surface area contributed by atoms with Gasteiger partial charge in [-0.2, -0.15) is 0 Å². The predicted octanol–water partition coefficient (Wildman–Crippen LogP) is 14.2. The quantitative estimate of drug-likeness (QED) is 0.128. The van der Waals surface area contributed by atoms with Crippen LogP contribution in [0.2, 0.25) is 9.36 Å². The van der Waals surface area contributed by atoms with E-state index in [1.165, 1.54) is 22.3 Å². The average Bonchev–Trinajstić information content (AvgIpc) is 3.24. The van der Waals surface area contributed by atoms with Gasteiger partial charge in [0.25, 0.3) is 0 Å². The Kier molecular flexibility index (Phi) is 13.2. The van der Waals surface area contributed by atoms with Crippen molar-refractivity contribution in [3.8, 4) is 56.3 Å². The Hall–Kier alpha value is -5.06. The molecule has 0 aliphatic carbocycles. The van der Waals surface area contributed by atoms with Crippen LogP contribution in [0.3, 0.4) is 0 Å². The molecule has 0 atom stereocenters. The molecule has 0 spiro atoms. The molecule has 4 heteroatoms. The normalized spacial score (nSPS) is 11.3. The Balaban J connectivity index is 0.00000177. The first-order valence-corrected chi connectivity index (χ1v) is 26.9. The van der Waals surface area contributed by atoms with Gasteiger partial charge in [0.05, 0.1) is 25.6 Å². The Morgan fingerprint density at radius 3 is 1.11 bits per heavy atom. The molecule has 1 heterocycles. The zero-order valence-electron chi connectivity index (χ0n) is 35.2. The molecule has 3 nitrogen and oxygen atoms in total. The molecule has 7 rings (SSSR count). The van der Waals surface area contributed by atoms with E-state index in [1.807, 2.05) is 0 Å². The number of benzene rings is 6. The third-order valence-electron chi connectivity index (χ3n) is 10.9. The first kappa shape index (κ1) is 41.6. The van der Waals surface area contributed by atoms with Crippen LogP contribution in [0.4, 0.5) is 0 Å². The second-order valence-electron chi connectivity index (χ2n) is 15.8. The van der Waals surface area contributed by atoms with E-state index in [1.54, 1.807) is 14.2 Å². The molecule has 0 bridgehead atoms. The number of hydrogen-bond acceptors (Lipinski definition) is 3. The molecule has 0 saturated carbocycles. The molecular formula is C53H55HfNO2. The summed E-state index contributed by atoms with van der Waals surface area (Å²) in [7, 11) is 3.56. The molecule has 0 amide bonds. The van der Waals surface area contributed by atoms with Crippen molar-refractivity contribution < 1.29 is 32.4 Å². The van der Waals surface area contributed by atoms with E-state index in [9.17, 15) is 0 Å². The fourth-order valence-corrected chi connectivity index (χ4v) is 7.95. The SMILES string of the molecule is COc1c(-c2ccccc2-c2cccc(-c3ccccc3-c3cc(C)cc(C(C)(C)c4ccccc4)c3OC)n2)cc(C)cc1C(C)(C)c1ccccc1.[CH3][Hf][CH3]. The molecule has 0 unspecified atom stereocenters. The van der Waals surface area contributed by atoms with E-state index in [0.29, 0.717) is 0 Å². The van der Waals surface area contributed by atoms with Crippen LogP contribution in [-0.4, -0.2) is 19.2 Å². The molecule has 0 aliphatic heterocycles. The van der Waals surface area contributed by atoms with E-state index in [4.69, 9.17) is 14.5 Å². The molecule has 0 aliphatic rings. The van der Waals surface area contributed by atoms with E-state index in [2.05, 4.69) is 203 Å². The van der Waals surface area contributed by atoms with Crippen LogP contribution < -0.4 is 9.47 Å². The molecule has 0 radical (unpaired) electrons. The van der Waals surface area contributed by atoms with Gasteiger partial charge in [0.1, 0.15) is 11.5 Å². The Morgan fingerprint density at radius 1 is 0.421 bits per heavy atom. The molecule has 1 aromatic heterocycles. The third-order valence-corrected chi connectivity index (χ3v) is 10.9. The van der Waals surface area contributed by atoms with Crippen molar-refractivity contribution in [3.05, 3.63) is 185 Å². The van der Waals surface area contributed by atoms with E-state index < -0.39 is 0 Å². The number of aromatic nitrogens is 1. The molecule has 7 aromatic rings. The number of hydrogen-bond donors (Lipinski definition) is 0. The Morgan fingerprint density at radius 2 is 0.754 bits per heavy atom. The van der Waals surface area contributed by atoms with Crippen molar-refractivity contribution in [1.82, 2.24) is 4.98 Å². The first-order valence-electron chi connectivity index (χ1n) is 19.7. The molecule has 6 aromatic carbocycles. The summed E-state index contributed by atoms with van der Waals surface area (Å²) in [5.41, 5.74) is 14.7. The third kappa shape index (κ3) is 8.62. The second-order valence-corrected chi connectivity index (χ2v) is 19.4. The molecule has 0 N–H and O–H groups in total. The van der Waals surface area contributed by atoms with Gasteiger partial charge in [0.15, 0.2) is 0 Å². The number of nitrogens with zero attached hydrogens (tertiary/aromatic N) is 1. The van der Waals surface area contributed by atoms with Gasteiger partial charge in [-0.15, -0.1) is 0 Å². The van der Waals surface area contributed by atoms with Crippen molar-refractivity contribution in [2.24, 2.45) is 0 Å². The van der Waals surface area contributed by atoms with E-state index in [0.717, 1.165) is 67.4 Å². The molecule has 288 valence electrons. The zero-order valence-corrected chi connectivity index (χ0v) is 38.8. The summed E-state index contributed by atoms with van der Waals surface area (Å²) in [6.45, 7) is 13.4. The fourth-order valence-electron chi connectivity index (χ4n) is 7.95. The molecule has 0 fully saturated rings. The van der Waals surface area contributed by atoms with E-state index in [-0.39, 0.29) is 33.7 Å². The van der Waals surface area contributed by atoms with Crippen LogP contribution in [0.15, 0.2) is 152 Å². The van der Waals surface area contributed by atoms with Crippen LogP contribution in [0.1, 0.15) is 61.1 Å². The summed E-state index contributed by atoms with van der Waals surface area (Å²) < 4.78 is 17.2. The number of methoxy groups -OCH3 is 2. The number of ether oxygens (including phenoxy) is 2. The summed E-state index contributed by atoms with van der Waals surface area (Å²) in [4.78, 5) is 5.40. The Bertz CT molecular complexity index is 2280. The average molecular weight is 917 g/mol. The van der Waals surface area contributed by atoms with Crippen LogP contribution in [0.25, 0.3) is 44.8 Å². The molecular weight excluding hydrogens is 861 g/mol. The van der Waals surface area contributed by atoms with Crippen molar-refractivity contribution in [2.75, 3.05) is 14.2 Å². The maximum atomic E-state index is 6.30. The summed E-state index contributed by atoms with van der Waals surface area (Å²) in [5.74, 6) is 1.76. The van der Waals surface area contributed by atoms with Gasteiger partial charge in [0.2, 0.25) is 0 Å². The number of pyridine rings is 1. The van der Waals surface area contributed by atoms with Gasteiger partial charge in [-0.05, 0) is 71.5 Å². The van der Waals surface area contributed by atoms with Gasteiger partial charge in [-0.25, -0.2) is 4.98 Å². The minimum atomic E-state index is -0.281. The van der Waals surface area contributed by atoms with Crippen LogP contribution in [0, 0.1) is 13.8 Å². The van der Waals surface area contributed by atoms with Gasteiger partial charge in [0, 0.05) is 44.2 Å². The van der Waals surface area contributed by atoms with Gasteiger partial charge in [-0.3, -0.25) is 0 Å². The monoisotopic (exact) mass is 917 g/mol. The summed E-state index contributed by atoms with van der Waals surface area (Å²) >= 11 is 0.0833. The number of aryl methyl sites for hydroxylation is 2. The molecule has 0 saturated heterocycles.